The molecule has 0 aromatic rings. The number of rotatable bonds is 3. The predicted molar refractivity (Wildman–Crippen MR) is 60.4 cm³/mol. The molecule has 2 rings (SSSR count). The molecule has 1 N–H and O–H groups in total. The minimum Gasteiger partial charge on any atom is -0.316 e. The Bertz CT molecular complexity index is 244. The number of nitrogens with one attached hydrogen (secondary N) is 1. The van der Waals surface area contributed by atoms with Gasteiger partial charge in [-0.3, -0.25) is 0 Å². The van der Waals surface area contributed by atoms with Gasteiger partial charge >= 0.3 is 0 Å². The number of nitrogens with zero attached hydrogens (tertiary/aromatic N) is 2. The molecule has 2 aliphatic rings. The molecule has 0 radical (unpaired) electrons. The van der Waals surface area contributed by atoms with Gasteiger partial charge in [-0.1, -0.05) is 0 Å². The molecule has 3 heteroatoms. The smallest absolute Gasteiger partial charge is 0.0687 e. The first-order valence-corrected chi connectivity index (χ1v) is 6.06. The zero-order chi connectivity index (χ0) is 10.7. The maximum absolute atomic E-state index is 9.03. The van der Waals surface area contributed by atoms with Crippen LogP contribution in [0.15, 0.2) is 0 Å². The third kappa shape index (κ3) is 2.70. The van der Waals surface area contributed by atoms with E-state index in [9.17, 15) is 0 Å². The van der Waals surface area contributed by atoms with Gasteiger partial charge in [0.05, 0.1) is 11.5 Å². The standard InChI is InChI=1S/C12H21N3/c1-12(10-13)3-6-15(7-4-12)5-2-11-8-14-9-11/h11,14H,2-9H2,1H3. The highest BCUT2D eigenvalue weighted by atomic mass is 15.1. The first kappa shape index (κ1) is 10.9. The fourth-order valence-corrected chi connectivity index (χ4v) is 2.30. The van der Waals surface area contributed by atoms with Gasteiger partial charge in [0.15, 0.2) is 0 Å². The Labute approximate surface area is 92.4 Å². The minimum absolute atomic E-state index is 0.0471. The van der Waals surface area contributed by atoms with E-state index in [0.29, 0.717) is 0 Å². The van der Waals surface area contributed by atoms with Gasteiger partial charge in [-0.05, 0) is 64.8 Å². The SMILES string of the molecule is CC1(C#N)CCN(CCC2CNC2)CC1. The average Bonchev–Trinajstić information content (AvgIpc) is 2.19. The van der Waals surface area contributed by atoms with Crippen LogP contribution >= 0.6 is 0 Å². The molecular weight excluding hydrogens is 186 g/mol. The van der Waals surface area contributed by atoms with Crippen LogP contribution in [0.1, 0.15) is 26.2 Å². The van der Waals surface area contributed by atoms with Crippen molar-refractivity contribution in [3.63, 3.8) is 0 Å². The second-order valence-corrected chi connectivity index (χ2v) is 5.33. The van der Waals surface area contributed by atoms with Crippen molar-refractivity contribution in [2.75, 3.05) is 32.7 Å². The maximum atomic E-state index is 9.03. The van der Waals surface area contributed by atoms with E-state index in [4.69, 9.17) is 5.26 Å². The van der Waals surface area contributed by atoms with Crippen molar-refractivity contribution >= 4 is 0 Å². The normalized spacial score (nSPS) is 26.9. The zero-order valence-electron chi connectivity index (χ0n) is 9.63. The van der Waals surface area contributed by atoms with E-state index in [1.54, 1.807) is 0 Å². The van der Waals surface area contributed by atoms with E-state index in [0.717, 1.165) is 31.8 Å². The fraction of sp³-hybridized carbons (Fsp3) is 0.917. The van der Waals surface area contributed by atoms with Gasteiger partial charge in [0, 0.05) is 0 Å². The first-order chi connectivity index (χ1) is 7.22. The average molecular weight is 207 g/mol. The monoisotopic (exact) mass is 207 g/mol. The molecule has 2 saturated heterocycles. The summed E-state index contributed by atoms with van der Waals surface area (Å²) >= 11 is 0. The molecule has 0 bridgehead atoms. The first-order valence-electron chi connectivity index (χ1n) is 6.06. The molecule has 2 aliphatic heterocycles. The van der Waals surface area contributed by atoms with Crippen LogP contribution in [0.5, 0.6) is 0 Å². The Morgan fingerprint density at radius 2 is 2.07 bits per heavy atom. The van der Waals surface area contributed by atoms with Crippen LogP contribution in [0.3, 0.4) is 0 Å². The molecule has 0 unspecified atom stereocenters. The predicted octanol–water partition coefficient (Wildman–Crippen LogP) is 1.22. The van der Waals surface area contributed by atoms with Crippen molar-refractivity contribution in [1.29, 1.82) is 5.26 Å². The summed E-state index contributed by atoms with van der Waals surface area (Å²) in [6.07, 6.45) is 3.43. The summed E-state index contributed by atoms with van der Waals surface area (Å²) in [7, 11) is 0. The van der Waals surface area contributed by atoms with Crippen LogP contribution in [-0.2, 0) is 0 Å². The van der Waals surface area contributed by atoms with E-state index in [2.05, 4.69) is 23.2 Å². The summed E-state index contributed by atoms with van der Waals surface area (Å²) in [5.74, 6) is 0.911. The highest BCUT2D eigenvalue weighted by Crippen LogP contribution is 2.29. The van der Waals surface area contributed by atoms with Crippen molar-refractivity contribution in [1.82, 2.24) is 10.2 Å². The summed E-state index contributed by atoms with van der Waals surface area (Å²) in [6.45, 7) is 7.98. The van der Waals surface area contributed by atoms with Crippen LogP contribution in [0.4, 0.5) is 0 Å². The van der Waals surface area contributed by atoms with Crippen molar-refractivity contribution in [2.24, 2.45) is 11.3 Å². The van der Waals surface area contributed by atoms with E-state index >= 15 is 0 Å². The van der Waals surface area contributed by atoms with Crippen LogP contribution < -0.4 is 5.32 Å². The summed E-state index contributed by atoms with van der Waals surface area (Å²) in [5.41, 5.74) is -0.0471. The Morgan fingerprint density at radius 1 is 1.40 bits per heavy atom. The Morgan fingerprint density at radius 3 is 2.53 bits per heavy atom. The van der Waals surface area contributed by atoms with Gasteiger partial charge in [-0.15, -0.1) is 0 Å². The van der Waals surface area contributed by atoms with E-state index in [1.807, 2.05) is 0 Å². The molecule has 0 aromatic carbocycles. The minimum atomic E-state index is -0.0471. The molecule has 0 aromatic heterocycles. The maximum Gasteiger partial charge on any atom is 0.0687 e. The summed E-state index contributed by atoms with van der Waals surface area (Å²) in [4.78, 5) is 2.53. The van der Waals surface area contributed by atoms with Crippen molar-refractivity contribution in [3.8, 4) is 6.07 Å². The largest absolute Gasteiger partial charge is 0.316 e. The van der Waals surface area contributed by atoms with Gasteiger partial charge in [-0.2, -0.15) is 5.26 Å². The Kier molecular flexibility index (Phi) is 3.28. The Balaban J connectivity index is 1.67. The van der Waals surface area contributed by atoms with Crippen LogP contribution in [0.25, 0.3) is 0 Å². The second kappa shape index (κ2) is 4.51. The molecule has 0 amide bonds. The lowest BCUT2D eigenvalue weighted by Gasteiger charge is -2.36. The molecule has 0 spiro atoms. The van der Waals surface area contributed by atoms with Crippen LogP contribution in [-0.4, -0.2) is 37.6 Å². The molecule has 0 saturated carbocycles. The number of likely N-dealkylation sites (tertiary alicyclic amines) is 1. The number of hydrogen-bond acceptors (Lipinski definition) is 3. The van der Waals surface area contributed by atoms with Gasteiger partial charge in [-0.25, -0.2) is 0 Å². The van der Waals surface area contributed by atoms with E-state index < -0.39 is 0 Å². The zero-order valence-corrected chi connectivity index (χ0v) is 9.63. The molecule has 0 aliphatic carbocycles. The summed E-state index contributed by atoms with van der Waals surface area (Å²) in [5, 5.41) is 12.3. The topological polar surface area (TPSA) is 39.1 Å². The fourth-order valence-electron chi connectivity index (χ4n) is 2.30. The number of hydrogen-bond donors (Lipinski definition) is 1. The molecule has 0 atom stereocenters. The third-order valence-corrected chi connectivity index (χ3v) is 3.95. The highest BCUT2D eigenvalue weighted by Gasteiger charge is 2.30. The lowest BCUT2D eigenvalue weighted by molar-refractivity contribution is 0.142. The lowest BCUT2D eigenvalue weighted by Crippen LogP contribution is -2.45. The van der Waals surface area contributed by atoms with Gasteiger partial charge in [0.1, 0.15) is 0 Å². The molecule has 2 fully saturated rings. The van der Waals surface area contributed by atoms with Crippen molar-refractivity contribution in [2.45, 2.75) is 26.2 Å². The second-order valence-electron chi connectivity index (χ2n) is 5.33. The van der Waals surface area contributed by atoms with E-state index in [1.165, 1.54) is 26.1 Å². The van der Waals surface area contributed by atoms with Crippen LogP contribution in [0, 0.1) is 22.7 Å². The van der Waals surface area contributed by atoms with Crippen molar-refractivity contribution < 1.29 is 0 Å². The van der Waals surface area contributed by atoms with Gasteiger partial charge in [0.2, 0.25) is 0 Å². The van der Waals surface area contributed by atoms with Crippen molar-refractivity contribution in [3.05, 3.63) is 0 Å². The lowest BCUT2D eigenvalue weighted by atomic mass is 9.82. The molecular formula is C12H21N3. The Hall–Kier alpha value is -0.590. The molecule has 15 heavy (non-hydrogen) atoms. The van der Waals surface area contributed by atoms with E-state index in [-0.39, 0.29) is 5.41 Å². The third-order valence-electron chi connectivity index (χ3n) is 3.95. The number of piperidine rings is 1. The molecule has 2 heterocycles. The summed E-state index contributed by atoms with van der Waals surface area (Å²) in [6, 6.07) is 2.45. The van der Waals surface area contributed by atoms with Gasteiger partial charge in [0.25, 0.3) is 0 Å². The summed E-state index contributed by atoms with van der Waals surface area (Å²) < 4.78 is 0. The highest BCUT2D eigenvalue weighted by molar-refractivity contribution is 4.98. The van der Waals surface area contributed by atoms with Crippen LogP contribution in [0.2, 0.25) is 0 Å². The molecule has 84 valence electrons. The van der Waals surface area contributed by atoms with Gasteiger partial charge < -0.3 is 10.2 Å². The molecule has 3 nitrogen and oxygen atoms in total. The quantitative estimate of drug-likeness (QED) is 0.756. The number of nitriles is 1.